The fourth-order valence-electron chi connectivity index (χ4n) is 7.05. The fraction of sp³-hybridized carbons (Fsp3) is 0.355. The SMILES string of the molecule is Cc1ccncc1Nc1ccc2c(c1)CC[C@@H]1C3=CC(=O)C[C@]3(C)CC[C@@]21Cc1ccccc1. The molecule has 0 bridgehead atoms. The van der Waals surface area contributed by atoms with Crippen LogP contribution >= 0.6 is 0 Å². The molecule has 3 heteroatoms. The molecule has 6 rings (SSSR count). The van der Waals surface area contributed by atoms with E-state index >= 15 is 0 Å². The first kappa shape index (κ1) is 21.3. The largest absolute Gasteiger partial charge is 0.354 e. The molecule has 172 valence electrons. The molecule has 3 nitrogen and oxygen atoms in total. The lowest BCUT2D eigenvalue weighted by molar-refractivity contribution is -0.115. The Morgan fingerprint density at radius 2 is 1.94 bits per heavy atom. The number of pyridine rings is 1. The Hall–Kier alpha value is -3.20. The third-order valence-corrected chi connectivity index (χ3v) is 8.77. The maximum atomic E-state index is 12.6. The van der Waals surface area contributed by atoms with Crippen molar-refractivity contribution in [2.45, 2.75) is 57.8 Å². The van der Waals surface area contributed by atoms with Crippen molar-refractivity contribution in [2.24, 2.45) is 11.3 Å². The van der Waals surface area contributed by atoms with Gasteiger partial charge in [0.25, 0.3) is 0 Å². The van der Waals surface area contributed by atoms with E-state index in [4.69, 9.17) is 0 Å². The van der Waals surface area contributed by atoms with E-state index in [9.17, 15) is 4.79 Å². The molecule has 1 saturated carbocycles. The molecule has 1 aromatic heterocycles. The number of fused-ring (bicyclic) bond motifs is 5. The molecule has 3 aliphatic carbocycles. The lowest BCUT2D eigenvalue weighted by atomic mass is 9.49. The zero-order chi connectivity index (χ0) is 23.3. The quantitative estimate of drug-likeness (QED) is 0.473. The summed E-state index contributed by atoms with van der Waals surface area (Å²) < 4.78 is 0. The molecule has 1 heterocycles. The van der Waals surface area contributed by atoms with E-state index in [1.165, 1.54) is 27.8 Å². The van der Waals surface area contributed by atoms with Gasteiger partial charge in [-0.15, -0.1) is 0 Å². The monoisotopic (exact) mass is 448 g/mol. The molecule has 0 aliphatic heterocycles. The number of aromatic nitrogens is 1. The Kier molecular flexibility index (Phi) is 4.98. The Morgan fingerprint density at radius 1 is 1.09 bits per heavy atom. The van der Waals surface area contributed by atoms with Crippen LogP contribution in [0.3, 0.4) is 0 Å². The third-order valence-electron chi connectivity index (χ3n) is 8.77. The average molecular weight is 449 g/mol. The molecule has 0 saturated heterocycles. The third kappa shape index (κ3) is 3.41. The molecule has 34 heavy (non-hydrogen) atoms. The molecule has 0 amide bonds. The molecule has 0 spiro atoms. The minimum atomic E-state index is 0.0493. The van der Waals surface area contributed by atoms with Gasteiger partial charge in [-0.25, -0.2) is 0 Å². The summed E-state index contributed by atoms with van der Waals surface area (Å²) in [4.78, 5) is 16.8. The number of ketones is 1. The summed E-state index contributed by atoms with van der Waals surface area (Å²) in [6.07, 6.45) is 11.9. The summed E-state index contributed by atoms with van der Waals surface area (Å²) in [5, 5.41) is 3.59. The van der Waals surface area contributed by atoms with Crippen molar-refractivity contribution in [2.75, 3.05) is 5.32 Å². The maximum absolute atomic E-state index is 12.6. The van der Waals surface area contributed by atoms with Gasteiger partial charge in [-0.3, -0.25) is 9.78 Å². The van der Waals surface area contributed by atoms with E-state index in [1.54, 1.807) is 0 Å². The van der Waals surface area contributed by atoms with Crippen LogP contribution in [0.15, 0.2) is 78.6 Å². The van der Waals surface area contributed by atoms with Crippen LogP contribution in [0.1, 0.15) is 54.9 Å². The number of rotatable bonds is 4. The number of carbonyl (C=O) groups is 1. The molecule has 1 fully saturated rings. The van der Waals surface area contributed by atoms with Crippen LogP contribution in [0.4, 0.5) is 11.4 Å². The van der Waals surface area contributed by atoms with Gasteiger partial charge < -0.3 is 5.32 Å². The van der Waals surface area contributed by atoms with Crippen molar-refractivity contribution >= 4 is 17.2 Å². The molecule has 1 N–H and O–H groups in total. The summed E-state index contributed by atoms with van der Waals surface area (Å²) in [5.74, 6) is 0.759. The zero-order valence-electron chi connectivity index (χ0n) is 20.1. The van der Waals surface area contributed by atoms with E-state index in [2.05, 4.69) is 72.7 Å². The second-order valence-electron chi connectivity index (χ2n) is 10.9. The standard InChI is InChI=1S/C31H32N2O/c1-21-12-15-32-20-29(21)33-24-9-11-26-23(16-24)8-10-27-28-17-25(34)19-30(28,2)13-14-31(26,27)18-22-6-4-3-5-7-22/h3-7,9,11-12,15-17,20,27,33H,8,10,13-14,18-19H2,1-2H3/t27-,30+,31-/m1/s1. The molecular weight excluding hydrogens is 416 g/mol. The summed E-state index contributed by atoms with van der Waals surface area (Å²) in [7, 11) is 0. The Bertz CT molecular complexity index is 1290. The number of aryl methyl sites for hydroxylation is 2. The minimum Gasteiger partial charge on any atom is -0.354 e. The molecule has 2 aromatic carbocycles. The Labute approximate surface area is 202 Å². The summed E-state index contributed by atoms with van der Waals surface area (Å²) >= 11 is 0. The van der Waals surface area contributed by atoms with E-state index in [0.29, 0.717) is 18.1 Å². The predicted molar refractivity (Wildman–Crippen MR) is 137 cm³/mol. The van der Waals surface area contributed by atoms with E-state index in [0.717, 1.165) is 43.5 Å². The molecule has 3 atom stereocenters. The maximum Gasteiger partial charge on any atom is 0.156 e. The van der Waals surface area contributed by atoms with Crippen molar-refractivity contribution in [3.8, 4) is 0 Å². The van der Waals surface area contributed by atoms with Gasteiger partial charge >= 0.3 is 0 Å². The van der Waals surface area contributed by atoms with Gasteiger partial charge in [-0.2, -0.15) is 0 Å². The lowest BCUT2D eigenvalue weighted by Crippen LogP contribution is -2.48. The first-order chi connectivity index (χ1) is 16.5. The molecule has 0 radical (unpaired) electrons. The van der Waals surface area contributed by atoms with Gasteiger partial charge in [-0.1, -0.05) is 48.9 Å². The van der Waals surface area contributed by atoms with Crippen LogP contribution in [-0.4, -0.2) is 10.8 Å². The number of hydrogen-bond acceptors (Lipinski definition) is 3. The van der Waals surface area contributed by atoms with Gasteiger partial charge in [-0.05, 0) is 96.9 Å². The first-order valence-corrected chi connectivity index (χ1v) is 12.6. The number of carbonyl (C=O) groups excluding carboxylic acids is 1. The van der Waals surface area contributed by atoms with Gasteiger partial charge in [0.15, 0.2) is 5.78 Å². The van der Waals surface area contributed by atoms with Crippen LogP contribution in [-0.2, 0) is 23.1 Å². The summed E-state index contributed by atoms with van der Waals surface area (Å²) in [5.41, 5.74) is 9.23. The number of nitrogens with one attached hydrogen (secondary N) is 1. The Balaban J connectivity index is 1.43. The number of allylic oxidation sites excluding steroid dienone is 2. The predicted octanol–water partition coefficient (Wildman–Crippen LogP) is 6.88. The number of hydrogen-bond donors (Lipinski definition) is 1. The number of benzene rings is 2. The molecular formula is C31H32N2O. The second-order valence-corrected chi connectivity index (χ2v) is 10.9. The van der Waals surface area contributed by atoms with Crippen molar-refractivity contribution < 1.29 is 4.79 Å². The zero-order valence-corrected chi connectivity index (χ0v) is 20.1. The lowest BCUT2D eigenvalue weighted by Gasteiger charge is -2.54. The average Bonchev–Trinajstić information content (AvgIpc) is 3.15. The topological polar surface area (TPSA) is 42.0 Å². The van der Waals surface area contributed by atoms with Crippen LogP contribution < -0.4 is 5.32 Å². The van der Waals surface area contributed by atoms with Crippen molar-refractivity contribution in [3.05, 3.63) is 101 Å². The van der Waals surface area contributed by atoms with Crippen LogP contribution in [0, 0.1) is 18.3 Å². The first-order valence-electron chi connectivity index (χ1n) is 12.6. The van der Waals surface area contributed by atoms with Crippen LogP contribution in [0.2, 0.25) is 0 Å². The molecule has 3 aromatic rings. The molecule has 3 aliphatic rings. The van der Waals surface area contributed by atoms with E-state index in [-0.39, 0.29) is 10.8 Å². The van der Waals surface area contributed by atoms with Crippen LogP contribution in [0.25, 0.3) is 0 Å². The van der Waals surface area contributed by atoms with Crippen molar-refractivity contribution in [3.63, 3.8) is 0 Å². The van der Waals surface area contributed by atoms with E-state index < -0.39 is 0 Å². The minimum absolute atomic E-state index is 0.0493. The summed E-state index contributed by atoms with van der Waals surface area (Å²) in [6, 6.07) is 19.9. The van der Waals surface area contributed by atoms with Gasteiger partial charge in [0.2, 0.25) is 0 Å². The second kappa shape index (κ2) is 7.94. The Morgan fingerprint density at radius 3 is 2.76 bits per heavy atom. The van der Waals surface area contributed by atoms with Gasteiger partial charge in [0.1, 0.15) is 0 Å². The fourth-order valence-corrected chi connectivity index (χ4v) is 7.05. The van der Waals surface area contributed by atoms with Gasteiger partial charge in [0.05, 0.1) is 11.9 Å². The highest BCUT2D eigenvalue weighted by Gasteiger charge is 2.55. The highest BCUT2D eigenvalue weighted by atomic mass is 16.1. The van der Waals surface area contributed by atoms with Gasteiger partial charge in [0, 0.05) is 23.7 Å². The summed E-state index contributed by atoms with van der Waals surface area (Å²) in [6.45, 7) is 4.44. The van der Waals surface area contributed by atoms with Crippen molar-refractivity contribution in [1.82, 2.24) is 4.98 Å². The smallest absolute Gasteiger partial charge is 0.156 e. The highest BCUT2D eigenvalue weighted by Crippen LogP contribution is 2.61. The van der Waals surface area contributed by atoms with E-state index in [1.807, 2.05) is 24.5 Å². The highest BCUT2D eigenvalue weighted by molar-refractivity contribution is 5.94. The normalized spacial score (nSPS) is 27.4. The molecule has 0 unspecified atom stereocenters. The van der Waals surface area contributed by atoms with Crippen molar-refractivity contribution in [1.29, 1.82) is 0 Å². The number of anilines is 2. The number of nitrogens with zero attached hydrogens (tertiary/aromatic N) is 1. The van der Waals surface area contributed by atoms with Crippen LogP contribution in [0.5, 0.6) is 0 Å².